The van der Waals surface area contributed by atoms with Gasteiger partial charge in [-0.05, 0) is 25.1 Å². The SMILES string of the molecule is CC(Nc1cccc(Cl)c1N(C)C)c1ccccc1O. The summed E-state index contributed by atoms with van der Waals surface area (Å²) < 4.78 is 0. The summed E-state index contributed by atoms with van der Waals surface area (Å²) in [4.78, 5) is 1.97. The Morgan fingerprint density at radius 3 is 2.45 bits per heavy atom. The first kappa shape index (κ1) is 14.5. The van der Waals surface area contributed by atoms with Crippen LogP contribution in [0.15, 0.2) is 42.5 Å². The summed E-state index contributed by atoms with van der Waals surface area (Å²) in [7, 11) is 3.91. The van der Waals surface area contributed by atoms with Crippen LogP contribution < -0.4 is 10.2 Å². The van der Waals surface area contributed by atoms with E-state index in [0.717, 1.165) is 16.9 Å². The third-order valence-corrected chi connectivity index (χ3v) is 3.51. The summed E-state index contributed by atoms with van der Waals surface area (Å²) in [5.41, 5.74) is 2.74. The number of nitrogens with one attached hydrogen (secondary N) is 1. The fraction of sp³-hybridized carbons (Fsp3) is 0.250. The van der Waals surface area contributed by atoms with Gasteiger partial charge in [-0.2, -0.15) is 0 Å². The third kappa shape index (κ3) is 2.99. The molecule has 2 aromatic carbocycles. The minimum Gasteiger partial charge on any atom is -0.508 e. The summed E-state index contributed by atoms with van der Waals surface area (Å²) in [5.74, 6) is 0.293. The average molecular weight is 291 g/mol. The van der Waals surface area contributed by atoms with Crippen LogP contribution in [0, 0.1) is 0 Å². The highest BCUT2D eigenvalue weighted by atomic mass is 35.5. The fourth-order valence-corrected chi connectivity index (χ4v) is 2.59. The Balaban J connectivity index is 2.31. The standard InChI is InChI=1S/C16H19ClN2O/c1-11(12-7-4-5-10-15(12)20)18-14-9-6-8-13(17)16(14)19(2)3/h4-11,18,20H,1-3H3. The average Bonchev–Trinajstić information content (AvgIpc) is 2.38. The van der Waals surface area contributed by atoms with Crippen LogP contribution in [0.25, 0.3) is 0 Å². The lowest BCUT2D eigenvalue weighted by molar-refractivity contribution is 0.465. The molecule has 4 heteroatoms. The Labute approximate surface area is 124 Å². The number of benzene rings is 2. The van der Waals surface area contributed by atoms with Crippen molar-refractivity contribution in [1.29, 1.82) is 0 Å². The topological polar surface area (TPSA) is 35.5 Å². The second-order valence-corrected chi connectivity index (χ2v) is 5.36. The fourth-order valence-electron chi connectivity index (χ4n) is 2.25. The van der Waals surface area contributed by atoms with Gasteiger partial charge in [0.2, 0.25) is 0 Å². The van der Waals surface area contributed by atoms with Gasteiger partial charge in [-0.1, -0.05) is 35.9 Å². The summed E-state index contributed by atoms with van der Waals surface area (Å²) in [6, 6.07) is 13.1. The molecule has 0 saturated heterocycles. The first-order valence-electron chi connectivity index (χ1n) is 6.51. The highest BCUT2D eigenvalue weighted by Crippen LogP contribution is 2.35. The molecule has 2 rings (SSSR count). The van der Waals surface area contributed by atoms with Crippen LogP contribution in [0.1, 0.15) is 18.5 Å². The molecule has 0 heterocycles. The Morgan fingerprint density at radius 2 is 1.80 bits per heavy atom. The molecule has 2 N–H and O–H groups in total. The summed E-state index contributed by atoms with van der Waals surface area (Å²) in [6.07, 6.45) is 0. The predicted octanol–water partition coefficient (Wildman–Crippen LogP) is 4.28. The van der Waals surface area contributed by atoms with Gasteiger partial charge in [-0.15, -0.1) is 0 Å². The van der Waals surface area contributed by atoms with E-state index in [9.17, 15) is 5.11 Å². The van der Waals surface area contributed by atoms with Crippen molar-refractivity contribution in [3.05, 3.63) is 53.1 Å². The van der Waals surface area contributed by atoms with E-state index in [1.807, 2.05) is 62.3 Å². The molecule has 0 aliphatic carbocycles. The van der Waals surface area contributed by atoms with Gasteiger partial charge in [0, 0.05) is 19.7 Å². The van der Waals surface area contributed by atoms with Crippen molar-refractivity contribution in [1.82, 2.24) is 0 Å². The zero-order valence-corrected chi connectivity index (χ0v) is 12.6. The zero-order valence-electron chi connectivity index (χ0n) is 11.9. The van der Waals surface area contributed by atoms with Crippen molar-refractivity contribution < 1.29 is 5.11 Å². The molecule has 0 radical (unpaired) electrons. The van der Waals surface area contributed by atoms with Crippen molar-refractivity contribution >= 4 is 23.0 Å². The van der Waals surface area contributed by atoms with Crippen molar-refractivity contribution in [3.8, 4) is 5.75 Å². The molecule has 0 aliphatic heterocycles. The van der Waals surface area contributed by atoms with Crippen molar-refractivity contribution in [2.45, 2.75) is 13.0 Å². The second kappa shape index (κ2) is 6.06. The van der Waals surface area contributed by atoms with Crippen LogP contribution >= 0.6 is 11.6 Å². The van der Waals surface area contributed by atoms with E-state index in [0.29, 0.717) is 10.8 Å². The molecular formula is C16H19ClN2O. The number of hydrogen-bond acceptors (Lipinski definition) is 3. The van der Waals surface area contributed by atoms with E-state index < -0.39 is 0 Å². The maximum atomic E-state index is 9.92. The summed E-state index contributed by atoms with van der Waals surface area (Å²) >= 11 is 6.25. The number of hydrogen-bond donors (Lipinski definition) is 2. The van der Waals surface area contributed by atoms with E-state index >= 15 is 0 Å². The minimum atomic E-state index is -0.0200. The van der Waals surface area contributed by atoms with Crippen LogP contribution in [-0.2, 0) is 0 Å². The third-order valence-electron chi connectivity index (χ3n) is 3.21. The smallest absolute Gasteiger partial charge is 0.120 e. The normalized spacial score (nSPS) is 12.0. The number of para-hydroxylation sites is 2. The van der Waals surface area contributed by atoms with Crippen molar-refractivity contribution in [2.75, 3.05) is 24.3 Å². The second-order valence-electron chi connectivity index (χ2n) is 4.96. The Morgan fingerprint density at radius 1 is 1.10 bits per heavy atom. The molecule has 0 saturated carbocycles. The monoisotopic (exact) mass is 290 g/mol. The first-order chi connectivity index (χ1) is 9.50. The summed E-state index contributed by atoms with van der Waals surface area (Å²) in [6.45, 7) is 2.01. The van der Waals surface area contributed by atoms with E-state index in [2.05, 4.69) is 5.32 Å². The molecule has 0 spiro atoms. The number of phenols is 1. The lowest BCUT2D eigenvalue weighted by Gasteiger charge is -2.23. The molecule has 1 unspecified atom stereocenters. The van der Waals surface area contributed by atoms with Crippen LogP contribution in [0.4, 0.5) is 11.4 Å². The van der Waals surface area contributed by atoms with Gasteiger partial charge in [-0.3, -0.25) is 0 Å². The molecule has 2 aromatic rings. The van der Waals surface area contributed by atoms with Crippen LogP contribution in [-0.4, -0.2) is 19.2 Å². The highest BCUT2D eigenvalue weighted by molar-refractivity contribution is 6.34. The maximum absolute atomic E-state index is 9.92. The van der Waals surface area contributed by atoms with Gasteiger partial charge in [0.1, 0.15) is 5.75 Å². The van der Waals surface area contributed by atoms with Crippen molar-refractivity contribution in [3.63, 3.8) is 0 Å². The van der Waals surface area contributed by atoms with E-state index in [1.54, 1.807) is 6.07 Å². The van der Waals surface area contributed by atoms with Crippen molar-refractivity contribution in [2.24, 2.45) is 0 Å². The molecule has 0 amide bonds. The number of anilines is 2. The lowest BCUT2D eigenvalue weighted by atomic mass is 10.1. The van der Waals surface area contributed by atoms with Gasteiger partial charge in [0.15, 0.2) is 0 Å². The number of phenolic OH excluding ortho intramolecular Hbond substituents is 1. The van der Waals surface area contributed by atoms with Crippen LogP contribution in [0.2, 0.25) is 5.02 Å². The lowest BCUT2D eigenvalue weighted by Crippen LogP contribution is -2.14. The molecule has 1 atom stereocenters. The number of nitrogens with zero attached hydrogens (tertiary/aromatic N) is 1. The molecule has 0 aliphatic rings. The van der Waals surface area contributed by atoms with Gasteiger partial charge >= 0.3 is 0 Å². The number of aromatic hydroxyl groups is 1. The molecule has 20 heavy (non-hydrogen) atoms. The molecular weight excluding hydrogens is 272 g/mol. The molecule has 3 nitrogen and oxygen atoms in total. The molecule has 0 bridgehead atoms. The van der Waals surface area contributed by atoms with Gasteiger partial charge in [0.05, 0.1) is 22.4 Å². The number of rotatable bonds is 4. The quantitative estimate of drug-likeness (QED) is 0.882. The number of halogens is 1. The molecule has 0 aromatic heterocycles. The highest BCUT2D eigenvalue weighted by Gasteiger charge is 2.14. The largest absolute Gasteiger partial charge is 0.508 e. The molecule has 106 valence electrons. The van der Waals surface area contributed by atoms with Gasteiger partial charge in [-0.25, -0.2) is 0 Å². The first-order valence-corrected chi connectivity index (χ1v) is 6.88. The summed E-state index contributed by atoms with van der Waals surface area (Å²) in [5, 5.41) is 14.0. The Hall–Kier alpha value is -1.87. The Bertz CT molecular complexity index is 599. The van der Waals surface area contributed by atoms with Crippen LogP contribution in [0.3, 0.4) is 0 Å². The van der Waals surface area contributed by atoms with E-state index in [4.69, 9.17) is 11.6 Å². The zero-order chi connectivity index (χ0) is 14.7. The Kier molecular flexibility index (Phi) is 4.40. The van der Waals surface area contributed by atoms with Gasteiger partial charge < -0.3 is 15.3 Å². The van der Waals surface area contributed by atoms with Crippen LogP contribution in [0.5, 0.6) is 5.75 Å². The van der Waals surface area contributed by atoms with E-state index in [-0.39, 0.29) is 6.04 Å². The minimum absolute atomic E-state index is 0.0200. The van der Waals surface area contributed by atoms with E-state index in [1.165, 1.54) is 0 Å². The molecule has 0 fully saturated rings. The predicted molar refractivity (Wildman–Crippen MR) is 85.9 cm³/mol. The maximum Gasteiger partial charge on any atom is 0.120 e. The van der Waals surface area contributed by atoms with Gasteiger partial charge in [0.25, 0.3) is 0 Å².